The molecule has 0 bridgehead atoms. The number of aliphatic imine (C=N–C) groups is 2. The quantitative estimate of drug-likeness (QED) is 0.501. The summed E-state index contributed by atoms with van der Waals surface area (Å²) >= 11 is 0. The second kappa shape index (κ2) is 10.3. The van der Waals surface area contributed by atoms with Crippen LogP contribution in [0.2, 0.25) is 0 Å². The van der Waals surface area contributed by atoms with Gasteiger partial charge in [-0.05, 0) is 6.72 Å². The first-order chi connectivity index (χ1) is 6.20. The molecule has 0 heterocycles. The summed E-state index contributed by atoms with van der Waals surface area (Å²) < 4.78 is 0. The van der Waals surface area contributed by atoms with Crippen molar-refractivity contribution < 1.29 is 4.79 Å². The van der Waals surface area contributed by atoms with Gasteiger partial charge in [-0.25, -0.2) is 9.79 Å². The van der Waals surface area contributed by atoms with E-state index in [0.717, 1.165) is 0 Å². The highest BCUT2D eigenvalue weighted by molar-refractivity contribution is 5.75. The fourth-order valence-electron chi connectivity index (χ4n) is 0.336. The molecule has 0 aromatic carbocycles. The van der Waals surface area contributed by atoms with Gasteiger partial charge in [0.2, 0.25) is 0 Å². The Morgan fingerprint density at radius 2 is 2.00 bits per heavy atom. The van der Waals surface area contributed by atoms with Crippen LogP contribution in [-0.2, 0) is 0 Å². The van der Waals surface area contributed by atoms with Crippen LogP contribution in [0.4, 0.5) is 4.79 Å². The van der Waals surface area contributed by atoms with Crippen molar-refractivity contribution in [2.75, 3.05) is 7.05 Å². The molecule has 13 heavy (non-hydrogen) atoms. The van der Waals surface area contributed by atoms with Gasteiger partial charge in [0, 0.05) is 7.05 Å². The van der Waals surface area contributed by atoms with Gasteiger partial charge in [0.25, 0.3) is 0 Å². The van der Waals surface area contributed by atoms with Crippen molar-refractivity contribution in [1.82, 2.24) is 10.6 Å². The first kappa shape index (κ1) is 13.9. The molecular weight excluding hydrogens is 168 g/mol. The fraction of sp³-hybridized carbons (Fsp3) is 0.375. The predicted octanol–water partition coefficient (Wildman–Crippen LogP) is 1.14. The molecule has 2 N–H and O–H groups in total. The molecule has 0 fully saturated rings. The Morgan fingerprint density at radius 3 is 2.38 bits per heavy atom. The summed E-state index contributed by atoms with van der Waals surface area (Å²) in [7, 11) is 1.50. The second-order valence-corrected chi connectivity index (χ2v) is 1.58. The SMILES string of the molecule is C=N/C=N\C(=C)NC(=O)NC.CC. The molecule has 74 valence electrons. The molecule has 0 aromatic rings. The molecule has 0 unspecified atom stereocenters. The maximum absolute atomic E-state index is 10.6. The summed E-state index contributed by atoms with van der Waals surface area (Å²) in [5.41, 5.74) is 0. The van der Waals surface area contributed by atoms with Crippen LogP contribution in [-0.4, -0.2) is 26.1 Å². The van der Waals surface area contributed by atoms with Crippen LogP contribution in [0.25, 0.3) is 0 Å². The number of carbonyl (C=O) groups is 1. The third kappa shape index (κ3) is 10.4. The topological polar surface area (TPSA) is 65.8 Å². The zero-order valence-electron chi connectivity index (χ0n) is 8.29. The van der Waals surface area contributed by atoms with Crippen molar-refractivity contribution >= 4 is 19.1 Å². The zero-order valence-corrected chi connectivity index (χ0v) is 8.29. The zero-order chi connectivity index (χ0) is 10.7. The number of hydrogen-bond donors (Lipinski definition) is 2. The van der Waals surface area contributed by atoms with Crippen molar-refractivity contribution in [3.05, 3.63) is 12.4 Å². The van der Waals surface area contributed by atoms with Crippen molar-refractivity contribution in [1.29, 1.82) is 0 Å². The molecule has 5 heteroatoms. The second-order valence-electron chi connectivity index (χ2n) is 1.58. The normalized spacial score (nSPS) is 8.23. The van der Waals surface area contributed by atoms with Crippen LogP contribution in [0.3, 0.4) is 0 Å². The van der Waals surface area contributed by atoms with Crippen LogP contribution in [0.5, 0.6) is 0 Å². The Kier molecular flexibility index (Phi) is 11.1. The number of amides is 2. The van der Waals surface area contributed by atoms with Crippen molar-refractivity contribution in [2.45, 2.75) is 13.8 Å². The number of hydrogen-bond acceptors (Lipinski definition) is 2. The summed E-state index contributed by atoms with van der Waals surface area (Å²) in [6.45, 7) is 10.6. The Hall–Kier alpha value is -1.65. The first-order valence-electron chi connectivity index (χ1n) is 3.86. The molecule has 0 aliphatic heterocycles. The lowest BCUT2D eigenvalue weighted by molar-refractivity contribution is 0.245. The average Bonchev–Trinajstić information content (AvgIpc) is 2.17. The van der Waals surface area contributed by atoms with E-state index < -0.39 is 0 Å². The molecule has 0 atom stereocenters. The molecule has 0 radical (unpaired) electrons. The predicted molar refractivity (Wildman–Crippen MR) is 56.1 cm³/mol. The summed E-state index contributed by atoms with van der Waals surface area (Å²) in [4.78, 5) is 17.5. The van der Waals surface area contributed by atoms with E-state index in [0.29, 0.717) is 0 Å². The Balaban J connectivity index is 0. The third-order valence-corrected chi connectivity index (χ3v) is 0.780. The van der Waals surface area contributed by atoms with Crippen LogP contribution in [0.1, 0.15) is 13.8 Å². The average molecular weight is 184 g/mol. The van der Waals surface area contributed by atoms with E-state index in [-0.39, 0.29) is 11.9 Å². The van der Waals surface area contributed by atoms with E-state index in [1.165, 1.54) is 13.4 Å². The molecule has 0 aliphatic rings. The van der Waals surface area contributed by atoms with Crippen LogP contribution in [0.15, 0.2) is 22.4 Å². The first-order valence-corrected chi connectivity index (χ1v) is 3.86. The van der Waals surface area contributed by atoms with Gasteiger partial charge in [-0.2, -0.15) is 0 Å². The number of urea groups is 1. The molecule has 0 spiro atoms. The van der Waals surface area contributed by atoms with Gasteiger partial charge in [0.15, 0.2) is 0 Å². The minimum absolute atomic E-state index is 0.219. The summed E-state index contributed by atoms with van der Waals surface area (Å²) in [5, 5.41) is 4.68. The maximum Gasteiger partial charge on any atom is 0.320 e. The summed E-state index contributed by atoms with van der Waals surface area (Å²) in [6, 6.07) is -0.365. The highest BCUT2D eigenvalue weighted by Gasteiger charge is 1.94. The molecule has 0 rings (SSSR count). The van der Waals surface area contributed by atoms with Crippen molar-refractivity contribution in [3.63, 3.8) is 0 Å². The lowest BCUT2D eigenvalue weighted by atomic mass is 10.7. The fourth-order valence-corrected chi connectivity index (χ4v) is 0.336. The van der Waals surface area contributed by atoms with E-state index in [2.05, 4.69) is 33.9 Å². The molecule has 0 aliphatic carbocycles. The standard InChI is InChI=1S/C6H10N4O.C2H6/c1-5(9-4-7-2)10-6(11)8-3;1-2/h4H,1-2H2,3H3,(H2,8,10,11);1-2H3/b9-4-;. The van der Waals surface area contributed by atoms with E-state index in [1.807, 2.05) is 13.8 Å². The molecule has 0 aromatic heterocycles. The van der Waals surface area contributed by atoms with Crippen molar-refractivity contribution in [2.24, 2.45) is 9.98 Å². The van der Waals surface area contributed by atoms with Crippen LogP contribution in [0, 0.1) is 0 Å². The van der Waals surface area contributed by atoms with E-state index in [1.54, 1.807) is 0 Å². The number of rotatable bonds is 3. The Bertz CT molecular complexity index is 198. The van der Waals surface area contributed by atoms with Gasteiger partial charge in [-0.1, -0.05) is 20.4 Å². The van der Waals surface area contributed by atoms with Gasteiger partial charge < -0.3 is 5.32 Å². The number of carbonyl (C=O) groups excluding carboxylic acids is 1. The molecule has 0 saturated heterocycles. The summed E-state index contributed by atoms with van der Waals surface area (Å²) in [5.74, 6) is 0.219. The highest BCUT2D eigenvalue weighted by Crippen LogP contribution is 1.83. The van der Waals surface area contributed by atoms with E-state index >= 15 is 0 Å². The molecular formula is C8H16N4O. The Labute approximate surface area is 78.7 Å². The molecule has 5 nitrogen and oxygen atoms in total. The van der Waals surface area contributed by atoms with Gasteiger partial charge in [0.05, 0.1) is 0 Å². The minimum atomic E-state index is -0.365. The largest absolute Gasteiger partial charge is 0.341 e. The molecule has 0 saturated carbocycles. The Morgan fingerprint density at radius 1 is 1.46 bits per heavy atom. The minimum Gasteiger partial charge on any atom is -0.341 e. The smallest absolute Gasteiger partial charge is 0.320 e. The van der Waals surface area contributed by atoms with E-state index in [9.17, 15) is 4.79 Å². The van der Waals surface area contributed by atoms with Crippen LogP contribution < -0.4 is 10.6 Å². The van der Waals surface area contributed by atoms with Gasteiger partial charge in [0.1, 0.15) is 12.2 Å². The number of nitrogens with one attached hydrogen (secondary N) is 2. The van der Waals surface area contributed by atoms with Gasteiger partial charge in [-0.3, -0.25) is 10.3 Å². The monoisotopic (exact) mass is 184 g/mol. The summed E-state index contributed by atoms with van der Waals surface area (Å²) in [6.07, 6.45) is 1.19. The van der Waals surface area contributed by atoms with Gasteiger partial charge >= 0.3 is 6.03 Å². The third-order valence-electron chi connectivity index (χ3n) is 0.780. The van der Waals surface area contributed by atoms with Crippen molar-refractivity contribution in [3.8, 4) is 0 Å². The maximum atomic E-state index is 10.6. The van der Waals surface area contributed by atoms with E-state index in [4.69, 9.17) is 0 Å². The van der Waals surface area contributed by atoms with Crippen LogP contribution >= 0.6 is 0 Å². The van der Waals surface area contributed by atoms with Gasteiger partial charge in [-0.15, -0.1) is 0 Å². The lowest BCUT2D eigenvalue weighted by Gasteiger charge is -2.00. The highest BCUT2D eigenvalue weighted by atomic mass is 16.2. The number of nitrogens with zero attached hydrogens (tertiary/aromatic N) is 2. The molecule has 2 amide bonds. The lowest BCUT2D eigenvalue weighted by Crippen LogP contribution is -2.31.